The number of rotatable bonds is 4. The Morgan fingerprint density at radius 3 is 2.62 bits per heavy atom. The smallest absolute Gasteiger partial charge is 0.323 e. The zero-order valence-corrected chi connectivity index (χ0v) is 14.1. The van der Waals surface area contributed by atoms with E-state index in [-0.39, 0.29) is 5.91 Å². The number of benzene rings is 1. The van der Waals surface area contributed by atoms with Gasteiger partial charge in [0.15, 0.2) is 0 Å². The summed E-state index contributed by atoms with van der Waals surface area (Å²) in [6.07, 6.45) is 0. The van der Waals surface area contributed by atoms with Crippen LogP contribution in [0.3, 0.4) is 0 Å². The molecule has 0 saturated heterocycles. The summed E-state index contributed by atoms with van der Waals surface area (Å²) in [5, 5.41) is 9.48. The highest BCUT2D eigenvalue weighted by atomic mass is 79.9. The van der Waals surface area contributed by atoms with Crippen molar-refractivity contribution in [3.05, 3.63) is 49.6 Å². The molecule has 1 amide bonds. The number of aryl methyl sites for hydroxylation is 1. The predicted octanol–water partition coefficient (Wildman–Crippen LogP) is 4.20. The molecule has 0 radical (unpaired) electrons. The molecule has 1 N–H and O–H groups in total. The number of carboxylic acids is 1. The normalized spacial score (nSPS) is 10.4. The number of carbonyl (C=O) groups is 2. The van der Waals surface area contributed by atoms with E-state index in [4.69, 9.17) is 16.7 Å². The maximum Gasteiger partial charge on any atom is 0.323 e. The summed E-state index contributed by atoms with van der Waals surface area (Å²) >= 11 is 10.6. The highest BCUT2D eigenvalue weighted by Crippen LogP contribution is 2.30. The Morgan fingerprint density at radius 2 is 2.10 bits per heavy atom. The van der Waals surface area contributed by atoms with Crippen LogP contribution in [0.5, 0.6) is 0 Å². The van der Waals surface area contributed by atoms with Crippen molar-refractivity contribution in [3.63, 3.8) is 0 Å². The Bertz CT molecular complexity index is 682. The molecule has 2 rings (SSSR count). The van der Waals surface area contributed by atoms with E-state index in [0.29, 0.717) is 15.6 Å². The lowest BCUT2D eigenvalue weighted by atomic mass is 10.2. The Morgan fingerprint density at radius 1 is 1.38 bits per heavy atom. The third-order valence-corrected chi connectivity index (χ3v) is 5.09. The third-order valence-electron chi connectivity index (χ3n) is 2.73. The summed E-state index contributed by atoms with van der Waals surface area (Å²) in [6.45, 7) is 1.45. The van der Waals surface area contributed by atoms with Gasteiger partial charge < -0.3 is 5.11 Å². The van der Waals surface area contributed by atoms with Gasteiger partial charge in [-0.15, -0.1) is 11.3 Å². The summed E-state index contributed by atoms with van der Waals surface area (Å²) in [4.78, 5) is 25.3. The molecule has 1 heterocycles. The summed E-state index contributed by atoms with van der Waals surface area (Å²) in [5.74, 6) is -1.45. The first-order valence-electron chi connectivity index (χ1n) is 5.93. The predicted molar refractivity (Wildman–Crippen MR) is 87.5 cm³/mol. The van der Waals surface area contributed by atoms with Crippen molar-refractivity contribution in [1.29, 1.82) is 0 Å². The van der Waals surface area contributed by atoms with Gasteiger partial charge in [0.05, 0.1) is 8.66 Å². The second kappa shape index (κ2) is 6.60. The van der Waals surface area contributed by atoms with Crippen molar-refractivity contribution in [2.75, 3.05) is 11.4 Å². The largest absolute Gasteiger partial charge is 0.480 e. The Balaban J connectivity index is 2.40. The fourth-order valence-electron chi connectivity index (χ4n) is 1.76. The van der Waals surface area contributed by atoms with E-state index in [1.807, 2.05) is 6.92 Å². The molecule has 21 heavy (non-hydrogen) atoms. The van der Waals surface area contributed by atoms with Gasteiger partial charge in [-0.1, -0.05) is 17.7 Å². The van der Waals surface area contributed by atoms with Gasteiger partial charge in [0.2, 0.25) is 0 Å². The van der Waals surface area contributed by atoms with Gasteiger partial charge in [-0.25, -0.2) is 0 Å². The number of carboxylic acid groups (broad SMARTS) is 1. The first-order valence-corrected chi connectivity index (χ1v) is 7.92. The zero-order chi connectivity index (χ0) is 15.6. The van der Waals surface area contributed by atoms with Gasteiger partial charge in [-0.05, 0) is 52.7 Å². The molecule has 4 nitrogen and oxygen atoms in total. The summed E-state index contributed by atoms with van der Waals surface area (Å²) in [5.41, 5.74) is 1.39. The van der Waals surface area contributed by atoms with Gasteiger partial charge in [-0.3, -0.25) is 14.5 Å². The van der Waals surface area contributed by atoms with Crippen molar-refractivity contribution in [2.24, 2.45) is 0 Å². The summed E-state index contributed by atoms with van der Waals surface area (Å²) in [7, 11) is 0. The minimum absolute atomic E-state index is 0.363. The molecule has 0 saturated carbocycles. The zero-order valence-electron chi connectivity index (χ0n) is 11.0. The Hall–Kier alpha value is -1.37. The minimum Gasteiger partial charge on any atom is -0.480 e. The SMILES string of the molecule is Cc1cc(C(=O)N(CC(=O)O)c2cccc(Cl)c2)sc1Br. The molecule has 1 aromatic carbocycles. The van der Waals surface area contributed by atoms with Crippen LogP contribution in [0.4, 0.5) is 5.69 Å². The maximum absolute atomic E-state index is 12.6. The molecule has 0 aliphatic rings. The summed E-state index contributed by atoms with van der Waals surface area (Å²) in [6, 6.07) is 8.30. The van der Waals surface area contributed by atoms with Crippen LogP contribution >= 0.6 is 38.9 Å². The Kier molecular flexibility index (Phi) is 5.03. The molecule has 7 heteroatoms. The van der Waals surface area contributed by atoms with Crippen LogP contribution in [0.1, 0.15) is 15.2 Å². The molecule has 0 aliphatic heterocycles. The lowest BCUT2D eigenvalue weighted by Gasteiger charge is -2.20. The van der Waals surface area contributed by atoms with Gasteiger partial charge in [-0.2, -0.15) is 0 Å². The summed E-state index contributed by atoms with van der Waals surface area (Å²) < 4.78 is 0.854. The van der Waals surface area contributed by atoms with Crippen LogP contribution < -0.4 is 4.90 Å². The number of hydrogen-bond donors (Lipinski definition) is 1. The number of amides is 1. The molecule has 0 fully saturated rings. The van der Waals surface area contributed by atoms with Crippen molar-refractivity contribution in [3.8, 4) is 0 Å². The first kappa shape index (κ1) is 16.0. The van der Waals surface area contributed by atoms with Crippen LogP contribution in [0, 0.1) is 6.92 Å². The number of thiophene rings is 1. The number of carbonyl (C=O) groups excluding carboxylic acids is 1. The fraction of sp³-hybridized carbons (Fsp3) is 0.143. The number of halogens is 2. The van der Waals surface area contributed by atoms with E-state index in [0.717, 1.165) is 9.35 Å². The lowest BCUT2D eigenvalue weighted by molar-refractivity contribution is -0.135. The quantitative estimate of drug-likeness (QED) is 0.854. The van der Waals surface area contributed by atoms with E-state index < -0.39 is 12.5 Å². The number of nitrogens with zero attached hydrogens (tertiary/aromatic N) is 1. The van der Waals surface area contributed by atoms with Gasteiger partial charge in [0.25, 0.3) is 5.91 Å². The van der Waals surface area contributed by atoms with Gasteiger partial charge >= 0.3 is 5.97 Å². The van der Waals surface area contributed by atoms with Crippen LogP contribution in [-0.2, 0) is 4.79 Å². The van der Waals surface area contributed by atoms with Crippen LogP contribution in [0.15, 0.2) is 34.1 Å². The molecular weight excluding hydrogens is 378 g/mol. The van der Waals surface area contributed by atoms with Crippen molar-refractivity contribution in [1.82, 2.24) is 0 Å². The molecule has 0 bridgehead atoms. The van der Waals surface area contributed by atoms with Crippen molar-refractivity contribution >= 4 is 56.4 Å². The monoisotopic (exact) mass is 387 g/mol. The molecule has 0 atom stereocenters. The molecular formula is C14H11BrClNO3S. The van der Waals surface area contributed by atoms with Gasteiger partial charge in [0.1, 0.15) is 6.54 Å². The molecule has 0 spiro atoms. The topological polar surface area (TPSA) is 57.6 Å². The standard InChI is InChI=1S/C14H11BrClNO3S/c1-8-5-11(21-13(8)15)14(20)17(7-12(18)19)10-4-2-3-9(16)6-10/h2-6H,7H2,1H3,(H,18,19). The number of hydrogen-bond acceptors (Lipinski definition) is 3. The minimum atomic E-state index is -1.09. The average Bonchev–Trinajstić information content (AvgIpc) is 2.75. The molecule has 1 aromatic heterocycles. The van der Waals surface area contributed by atoms with E-state index in [1.54, 1.807) is 30.3 Å². The van der Waals surface area contributed by atoms with E-state index in [9.17, 15) is 9.59 Å². The highest BCUT2D eigenvalue weighted by molar-refractivity contribution is 9.11. The van der Waals surface area contributed by atoms with Crippen molar-refractivity contribution in [2.45, 2.75) is 6.92 Å². The van der Waals surface area contributed by atoms with Crippen LogP contribution in [-0.4, -0.2) is 23.5 Å². The van der Waals surface area contributed by atoms with E-state index in [2.05, 4.69) is 15.9 Å². The van der Waals surface area contributed by atoms with E-state index in [1.165, 1.54) is 16.2 Å². The van der Waals surface area contributed by atoms with Crippen LogP contribution in [0.2, 0.25) is 5.02 Å². The van der Waals surface area contributed by atoms with Crippen molar-refractivity contribution < 1.29 is 14.7 Å². The second-order valence-electron chi connectivity index (χ2n) is 4.33. The second-order valence-corrected chi connectivity index (χ2v) is 7.14. The molecule has 0 aliphatic carbocycles. The molecule has 0 unspecified atom stereocenters. The third kappa shape index (κ3) is 3.84. The number of anilines is 1. The van der Waals surface area contributed by atoms with Gasteiger partial charge in [0, 0.05) is 10.7 Å². The first-order chi connectivity index (χ1) is 9.88. The molecule has 2 aromatic rings. The molecule has 110 valence electrons. The lowest BCUT2D eigenvalue weighted by Crippen LogP contribution is -2.35. The van der Waals surface area contributed by atoms with E-state index >= 15 is 0 Å². The maximum atomic E-state index is 12.6. The highest BCUT2D eigenvalue weighted by Gasteiger charge is 2.22. The fourth-order valence-corrected chi connectivity index (χ4v) is 3.43. The number of aliphatic carboxylic acids is 1. The average molecular weight is 389 g/mol. The Labute approximate surface area is 139 Å². The van der Waals surface area contributed by atoms with Crippen LogP contribution in [0.25, 0.3) is 0 Å².